The van der Waals surface area contributed by atoms with Crippen molar-refractivity contribution < 1.29 is 4.79 Å². The van der Waals surface area contributed by atoms with Crippen LogP contribution in [0.25, 0.3) is 0 Å². The molecule has 0 aromatic heterocycles. The van der Waals surface area contributed by atoms with E-state index in [4.69, 9.17) is 0 Å². The van der Waals surface area contributed by atoms with Crippen molar-refractivity contribution in [3.8, 4) is 0 Å². The van der Waals surface area contributed by atoms with Crippen molar-refractivity contribution in [1.29, 1.82) is 0 Å². The Bertz CT molecular complexity index is 310. The third kappa shape index (κ3) is 2.90. The SMILES string of the molecule is C=NNC(=O)NC(C)c1ccccc1. The minimum Gasteiger partial charge on any atom is -0.330 e. The molecule has 0 spiro atoms. The van der Waals surface area contributed by atoms with Gasteiger partial charge >= 0.3 is 6.03 Å². The Kier molecular flexibility index (Phi) is 3.67. The summed E-state index contributed by atoms with van der Waals surface area (Å²) in [6, 6.07) is 9.29. The first kappa shape index (κ1) is 10.2. The Morgan fingerprint density at radius 3 is 2.64 bits per heavy atom. The molecule has 1 aromatic carbocycles. The van der Waals surface area contributed by atoms with Gasteiger partial charge in [0.2, 0.25) is 0 Å². The highest BCUT2D eigenvalue weighted by Crippen LogP contribution is 2.10. The second-order valence-electron chi connectivity index (χ2n) is 2.88. The van der Waals surface area contributed by atoms with Crippen LogP contribution in [0.15, 0.2) is 35.4 Å². The van der Waals surface area contributed by atoms with E-state index < -0.39 is 0 Å². The maximum Gasteiger partial charge on any atom is 0.335 e. The van der Waals surface area contributed by atoms with E-state index >= 15 is 0 Å². The second-order valence-corrected chi connectivity index (χ2v) is 2.88. The molecule has 0 heterocycles. The van der Waals surface area contributed by atoms with Crippen LogP contribution in [-0.2, 0) is 0 Å². The van der Waals surface area contributed by atoms with E-state index in [1.807, 2.05) is 37.3 Å². The molecule has 14 heavy (non-hydrogen) atoms. The molecule has 0 fully saturated rings. The number of hydrogen-bond donors (Lipinski definition) is 2. The number of benzene rings is 1. The zero-order chi connectivity index (χ0) is 10.4. The van der Waals surface area contributed by atoms with Crippen molar-refractivity contribution >= 4 is 12.7 Å². The van der Waals surface area contributed by atoms with Gasteiger partial charge in [0.05, 0.1) is 6.04 Å². The van der Waals surface area contributed by atoms with E-state index in [9.17, 15) is 4.79 Å². The maximum atomic E-state index is 11.1. The standard InChI is InChI=1S/C10H13N3O/c1-8(12-10(14)13-11-2)9-6-4-3-5-7-9/h3-8H,2H2,1H3,(H2,12,13,14). The van der Waals surface area contributed by atoms with Gasteiger partial charge in [-0.1, -0.05) is 30.3 Å². The van der Waals surface area contributed by atoms with E-state index in [0.717, 1.165) is 5.56 Å². The Morgan fingerprint density at radius 2 is 2.07 bits per heavy atom. The van der Waals surface area contributed by atoms with Crippen LogP contribution < -0.4 is 10.7 Å². The van der Waals surface area contributed by atoms with Crippen molar-refractivity contribution in [3.63, 3.8) is 0 Å². The number of nitrogens with one attached hydrogen (secondary N) is 2. The fourth-order valence-electron chi connectivity index (χ4n) is 1.13. The second kappa shape index (κ2) is 5.01. The van der Waals surface area contributed by atoms with Crippen LogP contribution in [0, 0.1) is 0 Å². The van der Waals surface area contributed by atoms with Gasteiger partial charge in [-0.15, -0.1) is 0 Å². The molecular formula is C10H13N3O. The highest BCUT2D eigenvalue weighted by atomic mass is 16.2. The molecule has 0 aliphatic rings. The van der Waals surface area contributed by atoms with Gasteiger partial charge in [-0.25, -0.2) is 10.2 Å². The molecule has 1 rings (SSSR count). The Labute approximate surface area is 83.0 Å². The summed E-state index contributed by atoms with van der Waals surface area (Å²) in [6.45, 7) is 5.06. The molecule has 0 aliphatic heterocycles. The van der Waals surface area contributed by atoms with Crippen molar-refractivity contribution in [2.24, 2.45) is 5.10 Å². The first-order valence-electron chi connectivity index (χ1n) is 4.31. The zero-order valence-corrected chi connectivity index (χ0v) is 8.03. The molecule has 0 aliphatic carbocycles. The smallest absolute Gasteiger partial charge is 0.330 e. The lowest BCUT2D eigenvalue weighted by molar-refractivity contribution is 0.238. The van der Waals surface area contributed by atoms with E-state index in [0.29, 0.717) is 0 Å². The molecule has 4 nitrogen and oxygen atoms in total. The fraction of sp³-hybridized carbons (Fsp3) is 0.200. The molecule has 0 bridgehead atoms. The minimum atomic E-state index is -0.351. The number of urea groups is 1. The molecule has 74 valence electrons. The van der Waals surface area contributed by atoms with Crippen LogP contribution in [0.5, 0.6) is 0 Å². The predicted molar refractivity (Wildman–Crippen MR) is 56.1 cm³/mol. The Balaban J connectivity index is 2.54. The minimum absolute atomic E-state index is 0.0436. The quantitative estimate of drug-likeness (QED) is 0.554. The Hall–Kier alpha value is -1.84. The number of nitrogens with zero attached hydrogens (tertiary/aromatic N) is 1. The van der Waals surface area contributed by atoms with Gasteiger partial charge < -0.3 is 5.32 Å². The molecule has 2 amide bonds. The molecule has 0 radical (unpaired) electrons. The monoisotopic (exact) mass is 191 g/mol. The number of rotatable bonds is 3. The van der Waals surface area contributed by atoms with Gasteiger partial charge in [-0.3, -0.25) is 0 Å². The number of carbonyl (C=O) groups is 1. The first-order chi connectivity index (χ1) is 6.74. The van der Waals surface area contributed by atoms with Crippen LogP contribution in [0.4, 0.5) is 4.79 Å². The zero-order valence-electron chi connectivity index (χ0n) is 8.03. The summed E-state index contributed by atoms with van der Waals surface area (Å²) in [5, 5.41) is 5.98. The molecule has 1 unspecified atom stereocenters. The average molecular weight is 191 g/mol. The molecule has 1 atom stereocenters. The average Bonchev–Trinajstić information content (AvgIpc) is 2.19. The van der Waals surface area contributed by atoms with Gasteiger partial charge in [0, 0.05) is 6.72 Å². The van der Waals surface area contributed by atoms with Gasteiger partial charge in [0.1, 0.15) is 0 Å². The lowest BCUT2D eigenvalue weighted by Gasteiger charge is -2.13. The largest absolute Gasteiger partial charge is 0.335 e. The van der Waals surface area contributed by atoms with Crippen molar-refractivity contribution in [3.05, 3.63) is 35.9 Å². The third-order valence-electron chi connectivity index (χ3n) is 1.83. The van der Waals surface area contributed by atoms with Crippen molar-refractivity contribution in [2.45, 2.75) is 13.0 Å². The van der Waals surface area contributed by atoms with Gasteiger partial charge in [-0.05, 0) is 12.5 Å². The molecule has 0 saturated carbocycles. The fourth-order valence-corrected chi connectivity index (χ4v) is 1.13. The van der Waals surface area contributed by atoms with Crippen LogP contribution in [0.3, 0.4) is 0 Å². The van der Waals surface area contributed by atoms with E-state index in [-0.39, 0.29) is 12.1 Å². The topological polar surface area (TPSA) is 53.5 Å². The summed E-state index contributed by atoms with van der Waals surface area (Å²) in [5.74, 6) is 0. The number of hydrogen-bond acceptors (Lipinski definition) is 2. The predicted octanol–water partition coefficient (Wildman–Crippen LogP) is 1.66. The summed E-state index contributed by atoms with van der Waals surface area (Å²) >= 11 is 0. The highest BCUT2D eigenvalue weighted by Gasteiger charge is 2.07. The number of hydrazone groups is 1. The molecular weight excluding hydrogens is 178 g/mol. The summed E-state index contributed by atoms with van der Waals surface area (Å²) < 4.78 is 0. The normalized spacial score (nSPS) is 11.5. The van der Waals surface area contributed by atoms with Crippen LogP contribution in [-0.4, -0.2) is 12.7 Å². The lowest BCUT2D eigenvalue weighted by Crippen LogP contribution is -2.33. The van der Waals surface area contributed by atoms with E-state index in [1.165, 1.54) is 0 Å². The molecule has 1 aromatic rings. The van der Waals surface area contributed by atoms with Crippen LogP contribution in [0.1, 0.15) is 18.5 Å². The number of carbonyl (C=O) groups excluding carboxylic acids is 1. The van der Waals surface area contributed by atoms with Gasteiger partial charge in [0.25, 0.3) is 0 Å². The van der Waals surface area contributed by atoms with E-state index in [2.05, 4.69) is 22.6 Å². The third-order valence-corrected chi connectivity index (χ3v) is 1.83. The van der Waals surface area contributed by atoms with Gasteiger partial charge in [0.15, 0.2) is 0 Å². The van der Waals surface area contributed by atoms with E-state index in [1.54, 1.807) is 0 Å². The lowest BCUT2D eigenvalue weighted by atomic mass is 10.1. The number of amides is 2. The van der Waals surface area contributed by atoms with Crippen LogP contribution >= 0.6 is 0 Å². The Morgan fingerprint density at radius 1 is 1.43 bits per heavy atom. The summed E-state index contributed by atoms with van der Waals surface area (Å²) in [6.07, 6.45) is 0. The summed E-state index contributed by atoms with van der Waals surface area (Å²) in [4.78, 5) is 11.1. The highest BCUT2D eigenvalue weighted by molar-refractivity contribution is 5.74. The first-order valence-corrected chi connectivity index (χ1v) is 4.31. The molecule has 0 saturated heterocycles. The summed E-state index contributed by atoms with van der Waals surface area (Å²) in [5.41, 5.74) is 3.26. The molecule has 2 N–H and O–H groups in total. The van der Waals surface area contributed by atoms with Crippen LogP contribution in [0.2, 0.25) is 0 Å². The summed E-state index contributed by atoms with van der Waals surface area (Å²) in [7, 11) is 0. The van der Waals surface area contributed by atoms with Crippen molar-refractivity contribution in [1.82, 2.24) is 10.7 Å². The van der Waals surface area contributed by atoms with Gasteiger partial charge in [-0.2, -0.15) is 5.10 Å². The van der Waals surface area contributed by atoms with Crippen molar-refractivity contribution in [2.75, 3.05) is 0 Å². The maximum absolute atomic E-state index is 11.1. The molecule has 4 heteroatoms.